The van der Waals surface area contributed by atoms with E-state index in [1.54, 1.807) is 0 Å². The number of nitrogens with zero attached hydrogens (tertiary/aromatic N) is 2. The maximum absolute atomic E-state index is 13.8. The molecule has 70 heavy (non-hydrogen) atoms. The lowest BCUT2D eigenvalue weighted by Crippen LogP contribution is -2.43. The average molecular weight is 961 g/mol. The number of hydrogen-bond acceptors (Lipinski definition) is 12. The van der Waals surface area contributed by atoms with Crippen molar-refractivity contribution in [1.29, 1.82) is 0 Å². The third-order valence-corrected chi connectivity index (χ3v) is 14.9. The minimum absolute atomic E-state index is 0.132. The van der Waals surface area contributed by atoms with Gasteiger partial charge in [0.25, 0.3) is 0 Å². The largest absolute Gasteiger partial charge is 0.491 e. The average Bonchev–Trinajstić information content (AvgIpc) is 3.27. The zero-order valence-corrected chi connectivity index (χ0v) is 43.5. The number of hydrogen-bond donors (Lipinski definition) is 0. The van der Waals surface area contributed by atoms with Gasteiger partial charge in [0, 0.05) is 96.7 Å². The summed E-state index contributed by atoms with van der Waals surface area (Å²) >= 11 is 0. The van der Waals surface area contributed by atoms with E-state index in [1.165, 1.54) is 0 Å². The maximum atomic E-state index is 13.8. The molecule has 2 aromatic carbocycles. The summed E-state index contributed by atoms with van der Waals surface area (Å²) in [6.07, 6.45) is 5.10. The van der Waals surface area contributed by atoms with Crippen LogP contribution in [0.5, 0.6) is 11.5 Å². The van der Waals surface area contributed by atoms with Gasteiger partial charge in [-0.3, -0.25) is 19.2 Å². The van der Waals surface area contributed by atoms with E-state index in [1.807, 2.05) is 62.6 Å². The molecule has 0 atom stereocenters. The lowest BCUT2D eigenvalue weighted by molar-refractivity contribution is -0.121. The Hall–Kier alpha value is -4.88. The highest BCUT2D eigenvalue weighted by atomic mass is 16.6. The summed E-state index contributed by atoms with van der Waals surface area (Å²) in [6, 6.07) is 15.7. The van der Waals surface area contributed by atoms with Gasteiger partial charge in [-0.1, -0.05) is 79.7 Å². The van der Waals surface area contributed by atoms with Gasteiger partial charge in [0.2, 0.25) is 0 Å². The molecular formula is C58H76N2O10. The van der Waals surface area contributed by atoms with E-state index in [0.717, 1.165) is 81.9 Å². The monoisotopic (exact) mass is 961 g/mol. The van der Waals surface area contributed by atoms with E-state index < -0.39 is 0 Å². The molecule has 0 unspecified atom stereocenters. The summed E-state index contributed by atoms with van der Waals surface area (Å²) in [7, 11) is 4.07. The number of carbonyl (C=O) groups excluding carboxylic acids is 4. The van der Waals surface area contributed by atoms with Crippen molar-refractivity contribution in [2.75, 3.05) is 80.2 Å². The molecular weight excluding hydrogens is 885 g/mol. The van der Waals surface area contributed by atoms with E-state index in [2.05, 4.69) is 65.2 Å². The Labute approximate surface area is 415 Å². The Kier molecular flexibility index (Phi) is 15.2. The highest BCUT2D eigenvalue weighted by molar-refractivity contribution is 6.08. The van der Waals surface area contributed by atoms with Crippen LogP contribution >= 0.6 is 0 Å². The van der Waals surface area contributed by atoms with Crippen LogP contribution in [0.15, 0.2) is 93.6 Å². The van der Waals surface area contributed by atoms with E-state index in [0.29, 0.717) is 103 Å². The molecule has 0 bridgehead atoms. The van der Waals surface area contributed by atoms with Crippen LogP contribution in [0.4, 0.5) is 0 Å². The van der Waals surface area contributed by atoms with Gasteiger partial charge in [0.1, 0.15) is 24.7 Å². The highest BCUT2D eigenvalue weighted by Gasteiger charge is 2.50. The van der Waals surface area contributed by atoms with Crippen molar-refractivity contribution in [3.63, 3.8) is 0 Å². The molecule has 378 valence electrons. The maximum Gasteiger partial charge on any atom is 0.162 e. The first-order valence-electron chi connectivity index (χ1n) is 25.4. The molecule has 0 amide bonds. The molecule has 12 heteroatoms. The number of ketones is 4. The Morgan fingerprint density at radius 2 is 0.600 bits per heavy atom. The molecule has 6 aliphatic rings. The number of allylic oxidation sites excluding steroid dienone is 8. The Balaban J connectivity index is 0.698. The minimum atomic E-state index is -0.359. The summed E-state index contributed by atoms with van der Waals surface area (Å²) in [5.74, 6) is 1.23. The lowest BCUT2D eigenvalue weighted by atomic mass is 9.64. The third kappa shape index (κ3) is 11.4. The topological polar surface area (TPSA) is 130 Å². The zero-order valence-electron chi connectivity index (χ0n) is 43.5. The normalized spacial score (nSPS) is 22.1. The number of Topliss-reactive ketones (excluding diaryl/α,β-unsaturated/α-hetero) is 4. The molecule has 0 radical (unpaired) electrons. The standard InChI is InChI=1S/C58H76N2O10/c1-55(2)29-41-51(45(61)33-55)49(52-42(59(41)9)30-56(3,4)34-46(52)62)37-11-15-39(16-12-37)69-27-25-67-23-21-65-19-20-66-22-24-68-26-28-70-40-17-13-38(14-18-40)50-53-43(31-57(5,6)35-47(53)63)60(10)44-32-58(7,8)36-48(64)54(44)50/h11-18,49-50H,19-36H2,1-10H3. The molecule has 2 aliphatic heterocycles. The second kappa shape index (κ2) is 20.7. The van der Waals surface area contributed by atoms with Crippen LogP contribution < -0.4 is 9.47 Å². The summed E-state index contributed by atoms with van der Waals surface area (Å²) in [5.41, 5.74) is 8.70. The first-order valence-corrected chi connectivity index (χ1v) is 25.4. The van der Waals surface area contributed by atoms with Crippen LogP contribution in [0.25, 0.3) is 0 Å². The molecule has 0 saturated heterocycles. The van der Waals surface area contributed by atoms with Crippen molar-refractivity contribution < 1.29 is 47.6 Å². The molecule has 4 aliphatic carbocycles. The zero-order chi connectivity index (χ0) is 50.2. The molecule has 0 N–H and O–H groups in total. The molecule has 8 rings (SSSR count). The van der Waals surface area contributed by atoms with Crippen LogP contribution in [0.2, 0.25) is 0 Å². The molecule has 0 aromatic heterocycles. The van der Waals surface area contributed by atoms with Gasteiger partial charge >= 0.3 is 0 Å². The first kappa shape index (κ1) is 51.5. The SMILES string of the molecule is CN1C2=C(C(=O)CC(C)(C)C2)C(c2ccc(OCCOCCOCCOCCOCCOc3ccc(C4C5=C(CC(C)(C)CC5=O)N(C)C5=C4C(=O)CC(C)(C)C5)cc3)cc2)C2=C1CC(C)(C)CC2=O. The lowest BCUT2D eigenvalue weighted by Gasteiger charge is -2.47. The van der Waals surface area contributed by atoms with Gasteiger partial charge in [-0.2, -0.15) is 0 Å². The fraction of sp³-hybridized carbons (Fsp3) is 0.586. The van der Waals surface area contributed by atoms with E-state index in [9.17, 15) is 19.2 Å². The molecule has 2 heterocycles. The van der Waals surface area contributed by atoms with E-state index in [4.69, 9.17) is 28.4 Å². The third-order valence-electron chi connectivity index (χ3n) is 14.9. The van der Waals surface area contributed by atoms with E-state index in [-0.39, 0.29) is 56.6 Å². The smallest absolute Gasteiger partial charge is 0.162 e. The highest BCUT2D eigenvalue weighted by Crippen LogP contribution is 2.56. The Morgan fingerprint density at radius 3 is 0.843 bits per heavy atom. The molecule has 12 nitrogen and oxygen atoms in total. The Morgan fingerprint density at radius 1 is 0.371 bits per heavy atom. The molecule has 2 aromatic rings. The van der Waals surface area contributed by atoms with Gasteiger partial charge in [-0.05, 0) is 82.7 Å². The fourth-order valence-electron chi connectivity index (χ4n) is 11.7. The Bertz CT molecular complexity index is 2190. The van der Waals surface area contributed by atoms with Crippen molar-refractivity contribution in [2.45, 2.75) is 119 Å². The molecule has 0 fully saturated rings. The van der Waals surface area contributed by atoms with Crippen molar-refractivity contribution in [2.24, 2.45) is 21.7 Å². The van der Waals surface area contributed by atoms with Gasteiger partial charge in [0.15, 0.2) is 23.1 Å². The number of carbonyl (C=O) groups is 4. The van der Waals surface area contributed by atoms with Crippen LogP contribution in [0.3, 0.4) is 0 Å². The first-order chi connectivity index (χ1) is 33.1. The van der Waals surface area contributed by atoms with Gasteiger partial charge in [-0.15, -0.1) is 0 Å². The summed E-state index contributed by atoms with van der Waals surface area (Å²) in [5, 5.41) is 0. The summed E-state index contributed by atoms with van der Waals surface area (Å²) in [4.78, 5) is 59.4. The fourth-order valence-corrected chi connectivity index (χ4v) is 11.7. The number of benzene rings is 2. The van der Waals surface area contributed by atoms with Gasteiger partial charge in [-0.25, -0.2) is 0 Å². The summed E-state index contributed by atoms with van der Waals surface area (Å²) < 4.78 is 34.7. The summed E-state index contributed by atoms with van der Waals surface area (Å²) in [6.45, 7) is 21.4. The van der Waals surface area contributed by atoms with Crippen LogP contribution in [0.1, 0.15) is 130 Å². The van der Waals surface area contributed by atoms with Crippen molar-refractivity contribution >= 4 is 23.1 Å². The van der Waals surface area contributed by atoms with Crippen LogP contribution in [0, 0.1) is 21.7 Å². The van der Waals surface area contributed by atoms with Gasteiger partial charge < -0.3 is 38.2 Å². The number of ether oxygens (including phenoxy) is 6. The number of rotatable bonds is 19. The molecule has 0 saturated carbocycles. The van der Waals surface area contributed by atoms with Crippen molar-refractivity contribution in [1.82, 2.24) is 9.80 Å². The quantitative estimate of drug-likeness (QED) is 0.124. The second-order valence-corrected chi connectivity index (χ2v) is 23.5. The van der Waals surface area contributed by atoms with Crippen LogP contribution in [-0.4, -0.2) is 113 Å². The predicted molar refractivity (Wildman–Crippen MR) is 268 cm³/mol. The second-order valence-electron chi connectivity index (χ2n) is 23.5. The van der Waals surface area contributed by atoms with Crippen molar-refractivity contribution in [3.05, 3.63) is 105 Å². The van der Waals surface area contributed by atoms with Crippen molar-refractivity contribution in [3.8, 4) is 11.5 Å². The minimum Gasteiger partial charge on any atom is -0.491 e. The van der Waals surface area contributed by atoms with E-state index >= 15 is 0 Å². The molecule has 0 spiro atoms. The van der Waals surface area contributed by atoms with Gasteiger partial charge in [0.05, 0.1) is 52.9 Å². The predicted octanol–water partition coefficient (Wildman–Crippen LogP) is 9.84. The van der Waals surface area contributed by atoms with Crippen LogP contribution in [-0.2, 0) is 38.1 Å².